The molecule has 0 atom stereocenters. The van der Waals surface area contributed by atoms with Crippen molar-refractivity contribution in [2.45, 2.75) is 25.8 Å². The zero-order valence-corrected chi connectivity index (χ0v) is 12.0. The van der Waals surface area contributed by atoms with E-state index in [1.165, 1.54) is 62.3 Å². The van der Waals surface area contributed by atoms with Gasteiger partial charge in [0.05, 0.1) is 0 Å². The molecule has 1 aromatic carbocycles. The number of hydrogen-bond donors (Lipinski definition) is 1. The Morgan fingerprint density at radius 2 is 2.11 bits per heavy atom. The summed E-state index contributed by atoms with van der Waals surface area (Å²) in [7, 11) is 2.24. The van der Waals surface area contributed by atoms with Gasteiger partial charge in [0, 0.05) is 31.9 Å². The summed E-state index contributed by atoms with van der Waals surface area (Å²) in [5, 5.41) is 3.42. The summed E-state index contributed by atoms with van der Waals surface area (Å²) in [4.78, 5) is 5.03. The van der Waals surface area contributed by atoms with Crippen molar-refractivity contribution in [1.82, 2.24) is 9.80 Å². The van der Waals surface area contributed by atoms with Crippen LogP contribution in [0.1, 0.15) is 24.0 Å². The molecule has 104 valence electrons. The smallest absolute Gasteiger partial charge is 0.0373 e. The van der Waals surface area contributed by atoms with E-state index in [1.807, 2.05) is 0 Å². The number of hydrogen-bond acceptors (Lipinski definition) is 3. The van der Waals surface area contributed by atoms with Crippen molar-refractivity contribution >= 4 is 5.69 Å². The zero-order valence-electron chi connectivity index (χ0n) is 12.0. The fraction of sp³-hybridized carbons (Fsp3) is 0.625. The highest BCUT2D eigenvalue weighted by molar-refractivity contribution is 5.56. The van der Waals surface area contributed by atoms with Gasteiger partial charge in [-0.3, -0.25) is 0 Å². The lowest BCUT2D eigenvalue weighted by molar-refractivity contribution is 0.252. The third kappa shape index (κ3) is 3.28. The molecule has 2 aliphatic rings. The minimum atomic E-state index is 1.07. The predicted molar refractivity (Wildman–Crippen MR) is 80.6 cm³/mol. The molecule has 2 heterocycles. The predicted octanol–water partition coefficient (Wildman–Crippen LogP) is 2.18. The van der Waals surface area contributed by atoms with Gasteiger partial charge in [-0.25, -0.2) is 0 Å². The van der Waals surface area contributed by atoms with Crippen molar-refractivity contribution in [3.8, 4) is 0 Å². The number of likely N-dealkylation sites (N-methyl/N-ethyl adjacent to an activating group) is 1. The lowest BCUT2D eigenvalue weighted by Crippen LogP contribution is -2.31. The minimum absolute atomic E-state index is 1.07. The first-order valence-corrected chi connectivity index (χ1v) is 7.58. The number of benzene rings is 1. The normalized spacial score (nSPS) is 18.8. The van der Waals surface area contributed by atoms with Crippen LogP contribution in [0.15, 0.2) is 18.2 Å². The summed E-state index contributed by atoms with van der Waals surface area (Å²) in [5.74, 6) is 0. The van der Waals surface area contributed by atoms with Crippen LogP contribution < -0.4 is 5.32 Å². The third-order valence-corrected chi connectivity index (χ3v) is 4.33. The molecule has 0 spiro atoms. The van der Waals surface area contributed by atoms with Crippen LogP contribution in [-0.2, 0) is 13.0 Å². The Bertz CT molecular complexity index is 424. The van der Waals surface area contributed by atoms with E-state index in [4.69, 9.17) is 0 Å². The first-order valence-electron chi connectivity index (χ1n) is 7.58. The fourth-order valence-corrected chi connectivity index (χ4v) is 3.17. The van der Waals surface area contributed by atoms with Crippen molar-refractivity contribution < 1.29 is 0 Å². The summed E-state index contributed by atoms with van der Waals surface area (Å²) in [6.45, 7) is 7.18. The molecule has 1 N–H and O–H groups in total. The van der Waals surface area contributed by atoms with E-state index >= 15 is 0 Å². The third-order valence-electron chi connectivity index (χ3n) is 4.33. The maximum Gasteiger partial charge on any atom is 0.0373 e. The van der Waals surface area contributed by atoms with Gasteiger partial charge in [-0.15, -0.1) is 0 Å². The molecule has 1 fully saturated rings. The van der Waals surface area contributed by atoms with E-state index in [0.717, 1.165) is 13.1 Å². The van der Waals surface area contributed by atoms with Crippen molar-refractivity contribution in [2.24, 2.45) is 0 Å². The van der Waals surface area contributed by atoms with E-state index in [2.05, 4.69) is 40.4 Å². The first kappa shape index (κ1) is 12.9. The Morgan fingerprint density at radius 1 is 1.26 bits per heavy atom. The van der Waals surface area contributed by atoms with Gasteiger partial charge < -0.3 is 15.1 Å². The lowest BCUT2D eigenvalue weighted by atomic mass is 10.1. The van der Waals surface area contributed by atoms with Crippen molar-refractivity contribution in [1.29, 1.82) is 0 Å². The fourth-order valence-electron chi connectivity index (χ4n) is 3.17. The second-order valence-corrected chi connectivity index (χ2v) is 5.95. The standard InChI is InChI=1S/C16H25N3/c1-18(10-11-19-8-2-3-9-19)13-14-4-5-16-15(12-14)6-7-17-16/h4-5,12,17H,2-3,6-11,13H2,1H3. The molecule has 0 saturated carbocycles. The van der Waals surface area contributed by atoms with Gasteiger partial charge in [-0.1, -0.05) is 12.1 Å². The Kier molecular flexibility index (Phi) is 4.04. The molecule has 19 heavy (non-hydrogen) atoms. The van der Waals surface area contributed by atoms with Gasteiger partial charge in [0.1, 0.15) is 0 Å². The number of nitrogens with one attached hydrogen (secondary N) is 1. The van der Waals surface area contributed by atoms with Crippen LogP contribution in [0.25, 0.3) is 0 Å². The molecule has 3 rings (SSSR count). The quantitative estimate of drug-likeness (QED) is 0.874. The van der Waals surface area contributed by atoms with Gasteiger partial charge >= 0.3 is 0 Å². The summed E-state index contributed by atoms with van der Waals surface area (Å²) in [6.07, 6.45) is 3.96. The van der Waals surface area contributed by atoms with Crippen LogP contribution in [0.5, 0.6) is 0 Å². The minimum Gasteiger partial charge on any atom is -0.384 e. The summed E-state index contributed by atoms with van der Waals surface area (Å²) >= 11 is 0. The summed E-state index contributed by atoms with van der Waals surface area (Å²) in [6, 6.07) is 6.89. The van der Waals surface area contributed by atoms with Crippen LogP contribution in [0.3, 0.4) is 0 Å². The Hall–Kier alpha value is -1.06. The number of nitrogens with zero attached hydrogens (tertiary/aromatic N) is 2. The Morgan fingerprint density at radius 3 is 2.95 bits per heavy atom. The second kappa shape index (κ2) is 5.93. The van der Waals surface area contributed by atoms with Gasteiger partial charge in [-0.2, -0.15) is 0 Å². The van der Waals surface area contributed by atoms with Crippen molar-refractivity contribution in [2.75, 3.05) is 45.1 Å². The van der Waals surface area contributed by atoms with Crippen LogP contribution in [0, 0.1) is 0 Å². The molecular formula is C16H25N3. The molecule has 0 unspecified atom stereocenters. The maximum absolute atomic E-state index is 3.42. The molecule has 0 bridgehead atoms. The molecule has 1 saturated heterocycles. The van der Waals surface area contributed by atoms with Crippen LogP contribution in [-0.4, -0.2) is 49.6 Å². The molecule has 1 aromatic rings. The molecule has 0 aliphatic carbocycles. The van der Waals surface area contributed by atoms with Gasteiger partial charge in [-0.05, 0) is 56.6 Å². The molecule has 3 heteroatoms. The van der Waals surface area contributed by atoms with E-state index in [-0.39, 0.29) is 0 Å². The van der Waals surface area contributed by atoms with E-state index in [9.17, 15) is 0 Å². The number of anilines is 1. The number of fused-ring (bicyclic) bond motifs is 1. The molecule has 3 nitrogen and oxygen atoms in total. The molecule has 0 radical (unpaired) electrons. The van der Waals surface area contributed by atoms with E-state index < -0.39 is 0 Å². The lowest BCUT2D eigenvalue weighted by Gasteiger charge is -2.21. The molecule has 0 aromatic heterocycles. The van der Waals surface area contributed by atoms with Gasteiger partial charge in [0.25, 0.3) is 0 Å². The number of likely N-dealkylation sites (tertiary alicyclic amines) is 1. The highest BCUT2D eigenvalue weighted by atomic mass is 15.2. The zero-order chi connectivity index (χ0) is 13.1. The molecule has 2 aliphatic heterocycles. The van der Waals surface area contributed by atoms with Gasteiger partial charge in [0.15, 0.2) is 0 Å². The topological polar surface area (TPSA) is 18.5 Å². The Balaban J connectivity index is 1.49. The van der Waals surface area contributed by atoms with Gasteiger partial charge in [0.2, 0.25) is 0 Å². The SMILES string of the molecule is CN(CCN1CCCC1)Cc1ccc2c(c1)CCN2. The van der Waals surface area contributed by atoms with Crippen LogP contribution in [0.2, 0.25) is 0 Å². The second-order valence-electron chi connectivity index (χ2n) is 5.95. The summed E-state index contributed by atoms with van der Waals surface area (Å²) in [5.41, 5.74) is 4.28. The first-order chi connectivity index (χ1) is 9.31. The maximum atomic E-state index is 3.42. The Labute approximate surface area is 116 Å². The summed E-state index contributed by atoms with van der Waals surface area (Å²) < 4.78 is 0. The van der Waals surface area contributed by atoms with Crippen molar-refractivity contribution in [3.05, 3.63) is 29.3 Å². The highest BCUT2D eigenvalue weighted by Gasteiger charge is 2.13. The average molecular weight is 259 g/mol. The van der Waals surface area contributed by atoms with E-state index in [1.54, 1.807) is 0 Å². The highest BCUT2D eigenvalue weighted by Crippen LogP contribution is 2.23. The largest absolute Gasteiger partial charge is 0.384 e. The monoisotopic (exact) mass is 259 g/mol. The van der Waals surface area contributed by atoms with E-state index in [0.29, 0.717) is 0 Å². The average Bonchev–Trinajstić information content (AvgIpc) is 3.07. The van der Waals surface area contributed by atoms with Crippen LogP contribution in [0.4, 0.5) is 5.69 Å². The molecule has 0 amide bonds. The van der Waals surface area contributed by atoms with Crippen molar-refractivity contribution in [3.63, 3.8) is 0 Å². The number of rotatable bonds is 5. The van der Waals surface area contributed by atoms with Crippen LogP contribution >= 0.6 is 0 Å². The molecular weight excluding hydrogens is 234 g/mol.